The molecule has 0 aliphatic heterocycles. The second kappa shape index (κ2) is 5.28. The first-order valence-corrected chi connectivity index (χ1v) is 6.80. The number of benzene rings is 1. The number of aryl methyl sites for hydroxylation is 1. The summed E-state index contributed by atoms with van der Waals surface area (Å²) < 4.78 is 1.98. The number of hydrogen-bond acceptors (Lipinski definition) is 4. The van der Waals surface area contributed by atoms with Crippen LogP contribution in [0, 0.1) is 0 Å². The van der Waals surface area contributed by atoms with E-state index in [2.05, 4.69) is 39.7 Å². The van der Waals surface area contributed by atoms with Crippen LogP contribution < -0.4 is 5.32 Å². The quantitative estimate of drug-likeness (QED) is 0.789. The summed E-state index contributed by atoms with van der Waals surface area (Å²) in [5.74, 6) is 0.797. The van der Waals surface area contributed by atoms with E-state index in [0.717, 1.165) is 40.9 Å². The van der Waals surface area contributed by atoms with E-state index in [9.17, 15) is 0 Å². The SMILES string of the molecule is CCCn1nccc1-c1nnc(NC)c2ccccc12. The van der Waals surface area contributed by atoms with Gasteiger partial charge in [0.2, 0.25) is 0 Å². The van der Waals surface area contributed by atoms with Gasteiger partial charge in [0.05, 0.1) is 5.69 Å². The van der Waals surface area contributed by atoms with Crippen LogP contribution in [0.25, 0.3) is 22.2 Å². The van der Waals surface area contributed by atoms with Crippen LogP contribution in [-0.4, -0.2) is 27.0 Å². The Balaban J connectivity index is 2.24. The Hall–Kier alpha value is -2.43. The summed E-state index contributed by atoms with van der Waals surface area (Å²) in [6.07, 6.45) is 2.85. The van der Waals surface area contributed by atoms with Crippen molar-refractivity contribution in [1.82, 2.24) is 20.0 Å². The molecule has 2 heterocycles. The monoisotopic (exact) mass is 267 g/mol. The Labute approximate surface area is 117 Å². The molecule has 102 valence electrons. The van der Waals surface area contributed by atoms with Crippen molar-refractivity contribution in [1.29, 1.82) is 0 Å². The summed E-state index contributed by atoms with van der Waals surface area (Å²) in [6.45, 7) is 3.02. The maximum atomic E-state index is 4.39. The lowest BCUT2D eigenvalue weighted by molar-refractivity contribution is 0.608. The largest absolute Gasteiger partial charge is 0.371 e. The molecule has 3 rings (SSSR count). The molecule has 3 aromatic rings. The first kappa shape index (κ1) is 12.6. The number of rotatable bonds is 4. The number of nitrogens with one attached hydrogen (secondary N) is 1. The highest BCUT2D eigenvalue weighted by molar-refractivity contribution is 5.99. The third-order valence-corrected chi connectivity index (χ3v) is 3.32. The predicted molar refractivity (Wildman–Crippen MR) is 80.6 cm³/mol. The van der Waals surface area contributed by atoms with Crippen molar-refractivity contribution in [2.45, 2.75) is 19.9 Å². The van der Waals surface area contributed by atoms with Crippen molar-refractivity contribution >= 4 is 16.6 Å². The highest BCUT2D eigenvalue weighted by Crippen LogP contribution is 2.29. The van der Waals surface area contributed by atoms with Crippen molar-refractivity contribution in [3.05, 3.63) is 36.5 Å². The highest BCUT2D eigenvalue weighted by Gasteiger charge is 2.13. The molecule has 0 unspecified atom stereocenters. The summed E-state index contributed by atoms with van der Waals surface area (Å²) in [5.41, 5.74) is 1.89. The fourth-order valence-electron chi connectivity index (χ4n) is 2.40. The second-order valence-electron chi connectivity index (χ2n) is 4.63. The molecule has 1 N–H and O–H groups in total. The van der Waals surface area contributed by atoms with Gasteiger partial charge in [-0.1, -0.05) is 31.2 Å². The van der Waals surface area contributed by atoms with Crippen LogP contribution in [0.5, 0.6) is 0 Å². The van der Waals surface area contributed by atoms with Gasteiger partial charge in [-0.15, -0.1) is 10.2 Å². The minimum absolute atomic E-state index is 0.797. The van der Waals surface area contributed by atoms with Crippen molar-refractivity contribution in [2.75, 3.05) is 12.4 Å². The lowest BCUT2D eigenvalue weighted by Gasteiger charge is -2.10. The normalized spacial score (nSPS) is 10.9. The second-order valence-corrected chi connectivity index (χ2v) is 4.63. The minimum Gasteiger partial charge on any atom is -0.371 e. The third-order valence-electron chi connectivity index (χ3n) is 3.32. The van der Waals surface area contributed by atoms with Gasteiger partial charge in [-0.3, -0.25) is 4.68 Å². The molecule has 5 nitrogen and oxygen atoms in total. The van der Waals surface area contributed by atoms with Gasteiger partial charge >= 0.3 is 0 Å². The molecule has 0 saturated carbocycles. The van der Waals surface area contributed by atoms with Crippen LogP contribution in [0.15, 0.2) is 36.5 Å². The fraction of sp³-hybridized carbons (Fsp3) is 0.267. The van der Waals surface area contributed by atoms with Gasteiger partial charge in [0.25, 0.3) is 0 Å². The molecule has 2 aromatic heterocycles. The molecule has 20 heavy (non-hydrogen) atoms. The van der Waals surface area contributed by atoms with Gasteiger partial charge < -0.3 is 5.32 Å². The van der Waals surface area contributed by atoms with E-state index in [-0.39, 0.29) is 0 Å². The van der Waals surface area contributed by atoms with Crippen molar-refractivity contribution in [3.63, 3.8) is 0 Å². The van der Waals surface area contributed by atoms with Crippen molar-refractivity contribution in [3.8, 4) is 11.4 Å². The topological polar surface area (TPSA) is 55.6 Å². The standard InChI is InChI=1S/C15H17N5/c1-3-10-20-13(8-9-17-20)14-11-6-4-5-7-12(11)15(16-2)19-18-14/h4-9H,3,10H2,1-2H3,(H,16,19). The maximum Gasteiger partial charge on any atom is 0.156 e. The average Bonchev–Trinajstić information content (AvgIpc) is 2.94. The first-order valence-electron chi connectivity index (χ1n) is 6.80. The third kappa shape index (κ3) is 2.01. The van der Waals surface area contributed by atoms with E-state index < -0.39 is 0 Å². The summed E-state index contributed by atoms with van der Waals surface area (Å²) in [7, 11) is 1.86. The van der Waals surface area contributed by atoms with Crippen molar-refractivity contribution < 1.29 is 0 Å². The Bertz CT molecular complexity index is 732. The van der Waals surface area contributed by atoms with Crippen LogP contribution in [0.3, 0.4) is 0 Å². The molecule has 0 amide bonds. The molecule has 0 fully saturated rings. The molecule has 0 aliphatic carbocycles. The van der Waals surface area contributed by atoms with Crippen LogP contribution >= 0.6 is 0 Å². The minimum atomic E-state index is 0.797. The van der Waals surface area contributed by atoms with Gasteiger partial charge in [0.1, 0.15) is 5.69 Å². The Morgan fingerprint density at radius 1 is 1.10 bits per heavy atom. The van der Waals surface area contributed by atoms with Gasteiger partial charge in [0.15, 0.2) is 5.82 Å². The predicted octanol–water partition coefficient (Wildman–Crippen LogP) is 2.95. The first-order chi connectivity index (χ1) is 9.85. The van der Waals surface area contributed by atoms with E-state index in [4.69, 9.17) is 0 Å². The van der Waals surface area contributed by atoms with E-state index in [0.29, 0.717) is 0 Å². The lowest BCUT2D eigenvalue weighted by atomic mass is 10.1. The number of fused-ring (bicyclic) bond motifs is 1. The summed E-state index contributed by atoms with van der Waals surface area (Å²) in [5, 5.41) is 18.3. The van der Waals surface area contributed by atoms with E-state index >= 15 is 0 Å². The molecular formula is C15H17N5. The van der Waals surface area contributed by atoms with E-state index in [1.165, 1.54) is 0 Å². The summed E-state index contributed by atoms with van der Waals surface area (Å²) in [6, 6.07) is 10.2. The fourth-order valence-corrected chi connectivity index (χ4v) is 2.40. The van der Waals surface area contributed by atoms with Gasteiger partial charge in [-0.2, -0.15) is 5.10 Å². The molecule has 0 radical (unpaired) electrons. The zero-order chi connectivity index (χ0) is 13.9. The molecule has 0 atom stereocenters. The van der Waals surface area contributed by atoms with Crippen LogP contribution in [0.4, 0.5) is 5.82 Å². The van der Waals surface area contributed by atoms with Crippen molar-refractivity contribution in [2.24, 2.45) is 0 Å². The van der Waals surface area contributed by atoms with Gasteiger partial charge in [-0.25, -0.2) is 0 Å². The zero-order valence-electron chi connectivity index (χ0n) is 11.7. The van der Waals surface area contributed by atoms with Gasteiger partial charge in [0, 0.05) is 30.6 Å². The maximum absolute atomic E-state index is 4.39. The zero-order valence-corrected chi connectivity index (χ0v) is 11.7. The lowest BCUT2D eigenvalue weighted by Crippen LogP contribution is -2.04. The average molecular weight is 267 g/mol. The highest BCUT2D eigenvalue weighted by atomic mass is 15.3. The molecule has 5 heteroatoms. The summed E-state index contributed by atoms with van der Waals surface area (Å²) in [4.78, 5) is 0. The summed E-state index contributed by atoms with van der Waals surface area (Å²) >= 11 is 0. The Morgan fingerprint density at radius 2 is 1.90 bits per heavy atom. The van der Waals surface area contributed by atoms with Crippen LogP contribution in [-0.2, 0) is 6.54 Å². The molecule has 0 spiro atoms. The molecule has 1 aromatic carbocycles. The number of aromatic nitrogens is 4. The molecule has 0 bridgehead atoms. The molecule has 0 aliphatic rings. The Morgan fingerprint density at radius 3 is 2.65 bits per heavy atom. The number of hydrogen-bond donors (Lipinski definition) is 1. The van der Waals surface area contributed by atoms with Crippen LogP contribution in [0.1, 0.15) is 13.3 Å². The van der Waals surface area contributed by atoms with E-state index in [1.807, 2.05) is 36.1 Å². The molecule has 0 saturated heterocycles. The number of nitrogens with zero attached hydrogens (tertiary/aromatic N) is 4. The van der Waals surface area contributed by atoms with Crippen LogP contribution in [0.2, 0.25) is 0 Å². The number of anilines is 1. The smallest absolute Gasteiger partial charge is 0.156 e. The van der Waals surface area contributed by atoms with E-state index in [1.54, 1.807) is 0 Å². The Kier molecular flexibility index (Phi) is 3.33. The molecular weight excluding hydrogens is 250 g/mol. The van der Waals surface area contributed by atoms with Gasteiger partial charge in [-0.05, 0) is 12.5 Å².